The Morgan fingerprint density at radius 1 is 0.812 bits per heavy atom. The summed E-state index contributed by atoms with van der Waals surface area (Å²) in [6.45, 7) is 3.08. The van der Waals surface area contributed by atoms with Gasteiger partial charge >= 0.3 is 0 Å². The maximum atomic E-state index is 3.51. The first-order valence-corrected chi connectivity index (χ1v) is 5.94. The molecule has 2 nitrogen and oxygen atoms in total. The van der Waals surface area contributed by atoms with E-state index in [0.29, 0.717) is 0 Å². The molecule has 0 radical (unpaired) electrons. The average molecular weight is 210 g/mol. The summed E-state index contributed by atoms with van der Waals surface area (Å²) in [6.07, 6.45) is 1.15. The third kappa shape index (κ3) is 1.000. The lowest BCUT2D eigenvalue weighted by molar-refractivity contribution is 0.682. The third-order valence-electron chi connectivity index (χ3n) is 3.76. The molecule has 2 aromatic rings. The van der Waals surface area contributed by atoms with Crippen LogP contribution in [-0.4, -0.2) is 6.54 Å². The maximum Gasteiger partial charge on any atom is 0.0423 e. The molecule has 0 unspecified atom stereocenters. The van der Waals surface area contributed by atoms with Crippen LogP contribution in [0.3, 0.4) is 0 Å². The normalized spacial score (nSPS) is 17.2. The number of benzene rings is 2. The highest BCUT2D eigenvalue weighted by atomic mass is 14.9. The summed E-state index contributed by atoms with van der Waals surface area (Å²) in [4.78, 5) is 0. The minimum Gasteiger partial charge on any atom is -0.384 e. The molecule has 0 atom stereocenters. The quantitative estimate of drug-likeness (QED) is 0.697. The van der Waals surface area contributed by atoms with Gasteiger partial charge in [0.2, 0.25) is 0 Å². The Morgan fingerprint density at radius 3 is 2.44 bits per heavy atom. The summed E-state index contributed by atoms with van der Waals surface area (Å²) in [5.74, 6) is 0. The van der Waals surface area contributed by atoms with E-state index in [1.165, 1.54) is 33.2 Å². The van der Waals surface area contributed by atoms with E-state index < -0.39 is 0 Å². The van der Waals surface area contributed by atoms with Gasteiger partial charge in [-0.25, -0.2) is 0 Å². The Hall–Kier alpha value is -1.54. The minimum absolute atomic E-state index is 1.01. The molecule has 4 rings (SSSR count). The zero-order chi connectivity index (χ0) is 10.5. The Morgan fingerprint density at radius 2 is 1.56 bits per heavy atom. The molecule has 2 N–H and O–H groups in total. The topological polar surface area (TPSA) is 24.1 Å². The Balaban J connectivity index is 2.21. The number of hydrogen-bond donors (Lipinski definition) is 2. The van der Waals surface area contributed by atoms with Crippen molar-refractivity contribution in [2.75, 3.05) is 11.9 Å². The summed E-state index contributed by atoms with van der Waals surface area (Å²) in [7, 11) is 0. The lowest BCUT2D eigenvalue weighted by Crippen LogP contribution is -2.20. The summed E-state index contributed by atoms with van der Waals surface area (Å²) >= 11 is 0. The molecule has 0 saturated carbocycles. The predicted molar refractivity (Wildman–Crippen MR) is 66.7 cm³/mol. The van der Waals surface area contributed by atoms with Crippen molar-refractivity contribution in [1.29, 1.82) is 0 Å². The van der Waals surface area contributed by atoms with Crippen molar-refractivity contribution < 1.29 is 0 Å². The number of anilines is 1. The number of rotatable bonds is 0. The van der Waals surface area contributed by atoms with Crippen molar-refractivity contribution in [3.63, 3.8) is 0 Å². The molecule has 16 heavy (non-hydrogen) atoms. The first-order chi connectivity index (χ1) is 7.93. The molecule has 2 aliphatic rings. The third-order valence-corrected chi connectivity index (χ3v) is 3.76. The molecule has 0 spiro atoms. The smallest absolute Gasteiger partial charge is 0.0423 e. The van der Waals surface area contributed by atoms with Crippen LogP contribution in [-0.2, 0) is 19.5 Å². The Bertz CT molecular complexity index is 488. The average Bonchev–Trinajstić information content (AvgIpc) is 2.36. The van der Waals surface area contributed by atoms with Crippen LogP contribution in [0.15, 0.2) is 24.3 Å². The van der Waals surface area contributed by atoms with Gasteiger partial charge in [0, 0.05) is 30.7 Å². The lowest BCUT2D eigenvalue weighted by atomic mass is 9.89. The molecule has 80 valence electrons. The van der Waals surface area contributed by atoms with E-state index in [9.17, 15) is 0 Å². The van der Waals surface area contributed by atoms with E-state index in [1.807, 2.05) is 0 Å². The van der Waals surface area contributed by atoms with Crippen LogP contribution in [0.4, 0.5) is 5.69 Å². The fourth-order valence-electron chi connectivity index (χ4n) is 3.03. The molecule has 0 saturated heterocycles. The molecule has 2 heteroatoms. The lowest BCUT2D eigenvalue weighted by Gasteiger charge is -2.25. The molecule has 0 fully saturated rings. The van der Waals surface area contributed by atoms with Gasteiger partial charge in [-0.3, -0.25) is 0 Å². The summed E-state index contributed by atoms with van der Waals surface area (Å²) < 4.78 is 0. The van der Waals surface area contributed by atoms with E-state index in [0.717, 1.165) is 26.1 Å². The van der Waals surface area contributed by atoms with Gasteiger partial charge in [-0.2, -0.15) is 0 Å². The number of hydrogen-bond acceptors (Lipinski definition) is 2. The van der Waals surface area contributed by atoms with Crippen LogP contribution in [0.1, 0.15) is 16.7 Å². The molecular weight excluding hydrogens is 196 g/mol. The standard InChI is InChI=1S/C14H14N2/c1-2-10-7-15-8-11-3-4-12-14(13(10)11)9(1)5-6-16-12/h1-4,15-16H,5-8H2. The van der Waals surface area contributed by atoms with Gasteiger partial charge in [-0.05, 0) is 34.6 Å². The zero-order valence-corrected chi connectivity index (χ0v) is 9.14. The van der Waals surface area contributed by atoms with Crippen LogP contribution in [0.25, 0.3) is 10.8 Å². The maximum absolute atomic E-state index is 3.51. The zero-order valence-electron chi connectivity index (χ0n) is 9.14. The highest BCUT2D eigenvalue weighted by Crippen LogP contribution is 2.36. The summed E-state index contributed by atoms with van der Waals surface area (Å²) in [5, 5.41) is 9.94. The fourth-order valence-corrected chi connectivity index (χ4v) is 3.03. The van der Waals surface area contributed by atoms with E-state index in [2.05, 4.69) is 34.9 Å². The van der Waals surface area contributed by atoms with Crippen molar-refractivity contribution in [2.24, 2.45) is 0 Å². The Labute approximate surface area is 94.7 Å². The molecule has 0 bridgehead atoms. The van der Waals surface area contributed by atoms with Crippen molar-refractivity contribution in [3.8, 4) is 0 Å². The predicted octanol–water partition coefficient (Wildman–Crippen LogP) is 2.41. The first kappa shape index (κ1) is 8.59. The highest BCUT2D eigenvalue weighted by Gasteiger charge is 2.18. The number of nitrogens with one attached hydrogen (secondary N) is 2. The Kier molecular flexibility index (Phi) is 1.60. The molecule has 0 amide bonds. The van der Waals surface area contributed by atoms with Crippen LogP contribution >= 0.6 is 0 Å². The van der Waals surface area contributed by atoms with Gasteiger partial charge in [0.05, 0.1) is 0 Å². The molecular formula is C14H14N2. The minimum atomic E-state index is 1.01. The largest absolute Gasteiger partial charge is 0.384 e. The fraction of sp³-hybridized carbons (Fsp3) is 0.286. The van der Waals surface area contributed by atoms with Crippen molar-refractivity contribution >= 4 is 16.5 Å². The second-order valence-electron chi connectivity index (χ2n) is 4.69. The molecule has 2 heterocycles. The van der Waals surface area contributed by atoms with E-state index >= 15 is 0 Å². The van der Waals surface area contributed by atoms with Gasteiger partial charge in [0.15, 0.2) is 0 Å². The van der Waals surface area contributed by atoms with Crippen molar-refractivity contribution in [1.82, 2.24) is 5.32 Å². The molecule has 0 aromatic heterocycles. The summed E-state index contributed by atoms with van der Waals surface area (Å²) in [5.41, 5.74) is 5.73. The van der Waals surface area contributed by atoms with Crippen molar-refractivity contribution in [2.45, 2.75) is 19.5 Å². The van der Waals surface area contributed by atoms with Gasteiger partial charge in [0.1, 0.15) is 0 Å². The van der Waals surface area contributed by atoms with E-state index in [4.69, 9.17) is 0 Å². The van der Waals surface area contributed by atoms with Gasteiger partial charge in [0.25, 0.3) is 0 Å². The van der Waals surface area contributed by atoms with Crippen LogP contribution in [0, 0.1) is 0 Å². The molecule has 0 aliphatic carbocycles. The van der Waals surface area contributed by atoms with Gasteiger partial charge in [-0.1, -0.05) is 18.2 Å². The van der Waals surface area contributed by atoms with Crippen molar-refractivity contribution in [3.05, 3.63) is 41.0 Å². The molecule has 2 aliphatic heterocycles. The monoisotopic (exact) mass is 210 g/mol. The van der Waals surface area contributed by atoms with Gasteiger partial charge in [-0.15, -0.1) is 0 Å². The van der Waals surface area contributed by atoms with E-state index in [-0.39, 0.29) is 0 Å². The van der Waals surface area contributed by atoms with Crippen LogP contribution < -0.4 is 10.6 Å². The van der Waals surface area contributed by atoms with Crippen LogP contribution in [0.5, 0.6) is 0 Å². The second-order valence-corrected chi connectivity index (χ2v) is 4.69. The SMILES string of the molecule is c1cc2c3c(ccc4c3c1CNC4)NCC2. The highest BCUT2D eigenvalue weighted by molar-refractivity contribution is 6.01. The van der Waals surface area contributed by atoms with Gasteiger partial charge < -0.3 is 10.6 Å². The second kappa shape index (κ2) is 2.98. The van der Waals surface area contributed by atoms with Crippen LogP contribution in [0.2, 0.25) is 0 Å². The summed E-state index contributed by atoms with van der Waals surface area (Å²) in [6, 6.07) is 9.09. The first-order valence-electron chi connectivity index (χ1n) is 5.94. The van der Waals surface area contributed by atoms with E-state index in [1.54, 1.807) is 0 Å². The molecule has 2 aromatic carbocycles.